The Bertz CT molecular complexity index is 1110. The third-order valence-corrected chi connectivity index (χ3v) is 6.28. The molecule has 30 heavy (non-hydrogen) atoms. The number of halogens is 2. The molecule has 5 nitrogen and oxygen atoms in total. The number of rotatable bonds is 7. The molecule has 3 aromatic rings. The molecule has 2 N–H and O–H groups in total. The summed E-state index contributed by atoms with van der Waals surface area (Å²) in [7, 11) is -3.91. The van der Waals surface area contributed by atoms with Crippen molar-refractivity contribution in [3.8, 4) is 0 Å². The van der Waals surface area contributed by atoms with Crippen LogP contribution in [0.5, 0.6) is 0 Å². The fourth-order valence-electron chi connectivity index (χ4n) is 2.87. The van der Waals surface area contributed by atoms with Crippen molar-refractivity contribution in [1.82, 2.24) is 4.72 Å². The number of nitrogens with one attached hydrogen (secondary N) is 2. The highest BCUT2D eigenvalue weighted by Crippen LogP contribution is 2.23. The summed E-state index contributed by atoms with van der Waals surface area (Å²) < 4.78 is 28.3. The number of amides is 1. The summed E-state index contributed by atoms with van der Waals surface area (Å²) in [5.41, 5.74) is 2.13. The molecule has 8 heteroatoms. The standard InChI is InChI=1S/C22H20Cl2N2O3S/c1-15-7-9-20(10-8-15)30(28,29)26-21(11-16-5-3-2-4-6-16)22(27)25-19-13-17(23)12-18(24)14-19/h2-10,12-14,21,26H,11H2,1H3,(H,25,27). The van der Waals surface area contributed by atoms with E-state index in [1.54, 1.807) is 30.3 Å². The van der Waals surface area contributed by atoms with E-state index in [9.17, 15) is 13.2 Å². The molecule has 0 radical (unpaired) electrons. The SMILES string of the molecule is Cc1ccc(S(=O)(=O)NC(Cc2ccccc2)C(=O)Nc2cc(Cl)cc(Cl)c2)cc1. The fraction of sp³-hybridized carbons (Fsp3) is 0.136. The van der Waals surface area contributed by atoms with E-state index in [4.69, 9.17) is 23.2 Å². The van der Waals surface area contributed by atoms with Gasteiger partial charge in [-0.15, -0.1) is 0 Å². The Kier molecular flexibility index (Phi) is 7.15. The van der Waals surface area contributed by atoms with E-state index in [2.05, 4.69) is 10.0 Å². The number of anilines is 1. The molecule has 1 unspecified atom stereocenters. The molecule has 1 atom stereocenters. The van der Waals surface area contributed by atoms with E-state index in [0.29, 0.717) is 15.7 Å². The van der Waals surface area contributed by atoms with Gasteiger partial charge in [0.2, 0.25) is 15.9 Å². The zero-order chi connectivity index (χ0) is 21.7. The van der Waals surface area contributed by atoms with Gasteiger partial charge in [-0.1, -0.05) is 71.2 Å². The van der Waals surface area contributed by atoms with Gasteiger partial charge in [-0.3, -0.25) is 4.79 Å². The lowest BCUT2D eigenvalue weighted by molar-refractivity contribution is -0.117. The minimum Gasteiger partial charge on any atom is -0.325 e. The van der Waals surface area contributed by atoms with Gasteiger partial charge < -0.3 is 5.32 Å². The fourth-order valence-corrected chi connectivity index (χ4v) is 4.59. The molecule has 0 aromatic heterocycles. The summed E-state index contributed by atoms with van der Waals surface area (Å²) in [6.07, 6.45) is 0.173. The van der Waals surface area contributed by atoms with Crippen molar-refractivity contribution in [3.05, 3.63) is 94.0 Å². The lowest BCUT2D eigenvalue weighted by atomic mass is 10.1. The number of hydrogen-bond acceptors (Lipinski definition) is 3. The molecule has 0 bridgehead atoms. The highest BCUT2D eigenvalue weighted by Gasteiger charge is 2.26. The van der Waals surface area contributed by atoms with E-state index in [-0.39, 0.29) is 11.3 Å². The van der Waals surface area contributed by atoms with Crippen molar-refractivity contribution in [2.75, 3.05) is 5.32 Å². The molecule has 0 heterocycles. The Hall–Kier alpha value is -2.38. The molecule has 0 aliphatic rings. The van der Waals surface area contributed by atoms with Gasteiger partial charge in [0.15, 0.2) is 0 Å². The van der Waals surface area contributed by atoms with E-state index in [1.807, 2.05) is 37.3 Å². The van der Waals surface area contributed by atoms with Crippen LogP contribution in [0.25, 0.3) is 0 Å². The van der Waals surface area contributed by atoms with Crippen LogP contribution in [0.2, 0.25) is 10.0 Å². The Labute approximate surface area is 186 Å². The van der Waals surface area contributed by atoms with Crippen LogP contribution >= 0.6 is 23.2 Å². The average molecular weight is 463 g/mol. The lowest BCUT2D eigenvalue weighted by Gasteiger charge is -2.19. The first-order valence-electron chi connectivity index (χ1n) is 9.13. The minimum absolute atomic E-state index is 0.0877. The zero-order valence-corrected chi connectivity index (χ0v) is 18.4. The van der Waals surface area contributed by atoms with Gasteiger partial charge in [-0.05, 0) is 49.2 Å². The summed E-state index contributed by atoms with van der Waals surface area (Å²) in [4.78, 5) is 13.1. The summed E-state index contributed by atoms with van der Waals surface area (Å²) in [6.45, 7) is 1.87. The van der Waals surface area contributed by atoms with Gasteiger partial charge >= 0.3 is 0 Å². The van der Waals surface area contributed by atoms with E-state index >= 15 is 0 Å². The second-order valence-electron chi connectivity index (χ2n) is 6.82. The largest absolute Gasteiger partial charge is 0.325 e. The van der Waals surface area contributed by atoms with Gasteiger partial charge in [-0.2, -0.15) is 4.72 Å². The normalized spacial score (nSPS) is 12.4. The van der Waals surface area contributed by atoms with Crippen LogP contribution in [-0.2, 0) is 21.2 Å². The first kappa shape index (κ1) is 22.3. The Morgan fingerprint density at radius 1 is 0.933 bits per heavy atom. The monoisotopic (exact) mass is 462 g/mol. The maximum Gasteiger partial charge on any atom is 0.242 e. The maximum absolute atomic E-state index is 13.0. The van der Waals surface area contributed by atoms with Crippen molar-refractivity contribution < 1.29 is 13.2 Å². The number of hydrogen-bond donors (Lipinski definition) is 2. The molecule has 0 aliphatic carbocycles. The molecule has 0 fully saturated rings. The molecule has 156 valence electrons. The second-order valence-corrected chi connectivity index (χ2v) is 9.41. The van der Waals surface area contributed by atoms with Crippen molar-refractivity contribution in [2.45, 2.75) is 24.3 Å². The first-order valence-corrected chi connectivity index (χ1v) is 11.4. The molecule has 0 aliphatic heterocycles. The van der Waals surface area contributed by atoms with Crippen LogP contribution in [0, 0.1) is 6.92 Å². The number of carbonyl (C=O) groups excluding carboxylic acids is 1. The number of benzene rings is 3. The van der Waals surface area contributed by atoms with Crippen molar-refractivity contribution >= 4 is 44.8 Å². The van der Waals surface area contributed by atoms with Gasteiger partial charge in [-0.25, -0.2) is 8.42 Å². The predicted octanol–water partition coefficient (Wildman–Crippen LogP) is 4.83. The van der Waals surface area contributed by atoms with Crippen molar-refractivity contribution in [3.63, 3.8) is 0 Å². The quantitative estimate of drug-likeness (QED) is 0.527. The maximum atomic E-state index is 13.0. The zero-order valence-electron chi connectivity index (χ0n) is 16.1. The van der Waals surface area contributed by atoms with Crippen molar-refractivity contribution in [2.24, 2.45) is 0 Å². The van der Waals surface area contributed by atoms with Crippen LogP contribution in [0.3, 0.4) is 0 Å². The van der Waals surface area contributed by atoms with E-state index in [0.717, 1.165) is 11.1 Å². The summed E-state index contributed by atoms with van der Waals surface area (Å²) >= 11 is 12.0. The van der Waals surface area contributed by atoms with Gasteiger partial charge in [0.05, 0.1) is 4.90 Å². The van der Waals surface area contributed by atoms with Crippen LogP contribution < -0.4 is 10.0 Å². The van der Waals surface area contributed by atoms with Crippen molar-refractivity contribution in [1.29, 1.82) is 0 Å². The van der Waals surface area contributed by atoms with Crippen LogP contribution in [0.1, 0.15) is 11.1 Å². The topological polar surface area (TPSA) is 75.3 Å². The summed E-state index contributed by atoms with van der Waals surface area (Å²) in [5, 5.41) is 3.41. The first-order chi connectivity index (χ1) is 14.2. The van der Waals surface area contributed by atoms with Gasteiger partial charge in [0.1, 0.15) is 6.04 Å². The number of aryl methyl sites for hydroxylation is 1. The lowest BCUT2D eigenvalue weighted by Crippen LogP contribution is -2.45. The molecule has 0 saturated carbocycles. The van der Waals surface area contributed by atoms with E-state index < -0.39 is 22.0 Å². The third kappa shape index (κ3) is 6.06. The van der Waals surface area contributed by atoms with Crippen LogP contribution in [0.15, 0.2) is 77.7 Å². The Morgan fingerprint density at radius 3 is 2.13 bits per heavy atom. The third-order valence-electron chi connectivity index (χ3n) is 4.36. The molecule has 1 amide bonds. The minimum atomic E-state index is -3.91. The predicted molar refractivity (Wildman–Crippen MR) is 121 cm³/mol. The van der Waals surface area contributed by atoms with Gasteiger partial charge in [0, 0.05) is 15.7 Å². The molecule has 0 saturated heterocycles. The number of carbonyl (C=O) groups is 1. The average Bonchev–Trinajstić information content (AvgIpc) is 2.67. The van der Waals surface area contributed by atoms with E-state index in [1.165, 1.54) is 12.1 Å². The van der Waals surface area contributed by atoms with Gasteiger partial charge in [0.25, 0.3) is 0 Å². The Morgan fingerprint density at radius 2 is 1.53 bits per heavy atom. The molecular weight excluding hydrogens is 443 g/mol. The molecule has 3 rings (SSSR count). The smallest absolute Gasteiger partial charge is 0.242 e. The highest BCUT2D eigenvalue weighted by atomic mass is 35.5. The summed E-state index contributed by atoms with van der Waals surface area (Å²) in [5.74, 6) is -0.520. The summed E-state index contributed by atoms with van der Waals surface area (Å²) in [6, 6.07) is 19.2. The number of sulfonamides is 1. The van der Waals surface area contributed by atoms with Crippen LogP contribution in [0.4, 0.5) is 5.69 Å². The molecular formula is C22H20Cl2N2O3S. The van der Waals surface area contributed by atoms with Crippen LogP contribution in [-0.4, -0.2) is 20.4 Å². The second kappa shape index (κ2) is 9.62. The Balaban J connectivity index is 1.87. The molecule has 0 spiro atoms. The highest BCUT2D eigenvalue weighted by molar-refractivity contribution is 7.89. The molecule has 3 aromatic carbocycles.